The van der Waals surface area contributed by atoms with Crippen LogP contribution in [0.5, 0.6) is 0 Å². The number of hydrogen-bond donors (Lipinski definition) is 0. The zero-order chi connectivity index (χ0) is 17.1. The Hall–Kier alpha value is -2.69. The van der Waals surface area contributed by atoms with Crippen molar-refractivity contribution in [3.63, 3.8) is 0 Å². The SMILES string of the molecule is CN(Cc1ccccc1F)C(=O)c1cccc(N2CCCC2=O)c1. The number of hydrogen-bond acceptors (Lipinski definition) is 2. The Morgan fingerprint density at radius 3 is 2.71 bits per heavy atom. The molecule has 0 atom stereocenters. The molecule has 1 saturated heterocycles. The van der Waals surface area contributed by atoms with Crippen molar-refractivity contribution in [1.29, 1.82) is 0 Å². The van der Waals surface area contributed by atoms with Gasteiger partial charge in [0.2, 0.25) is 5.91 Å². The molecule has 0 radical (unpaired) electrons. The van der Waals surface area contributed by atoms with Gasteiger partial charge < -0.3 is 9.80 Å². The summed E-state index contributed by atoms with van der Waals surface area (Å²) in [5.41, 5.74) is 1.70. The zero-order valence-electron chi connectivity index (χ0n) is 13.5. The van der Waals surface area contributed by atoms with Crippen molar-refractivity contribution in [2.75, 3.05) is 18.5 Å². The fraction of sp³-hybridized carbons (Fsp3) is 0.263. The number of nitrogens with zero attached hydrogens (tertiary/aromatic N) is 2. The van der Waals surface area contributed by atoms with E-state index >= 15 is 0 Å². The molecule has 0 aliphatic carbocycles. The van der Waals surface area contributed by atoms with Crippen molar-refractivity contribution in [3.05, 3.63) is 65.5 Å². The molecule has 1 fully saturated rings. The number of benzene rings is 2. The molecule has 1 aliphatic rings. The molecule has 4 nitrogen and oxygen atoms in total. The molecule has 0 unspecified atom stereocenters. The van der Waals surface area contributed by atoms with E-state index in [9.17, 15) is 14.0 Å². The van der Waals surface area contributed by atoms with Crippen molar-refractivity contribution >= 4 is 17.5 Å². The predicted octanol–water partition coefficient (Wildman–Crippen LogP) is 3.22. The minimum absolute atomic E-state index is 0.0827. The zero-order valence-corrected chi connectivity index (χ0v) is 13.5. The monoisotopic (exact) mass is 326 g/mol. The molecule has 24 heavy (non-hydrogen) atoms. The van der Waals surface area contributed by atoms with Gasteiger partial charge in [0.25, 0.3) is 5.91 Å². The Balaban J connectivity index is 1.77. The summed E-state index contributed by atoms with van der Waals surface area (Å²) >= 11 is 0. The highest BCUT2D eigenvalue weighted by molar-refractivity contribution is 5.99. The summed E-state index contributed by atoms with van der Waals surface area (Å²) in [6, 6.07) is 13.5. The second-order valence-electron chi connectivity index (χ2n) is 5.95. The van der Waals surface area contributed by atoms with Crippen molar-refractivity contribution in [2.24, 2.45) is 0 Å². The first-order valence-corrected chi connectivity index (χ1v) is 7.95. The van der Waals surface area contributed by atoms with Crippen LogP contribution in [0, 0.1) is 5.82 Å². The van der Waals surface area contributed by atoms with Crippen LogP contribution in [0.3, 0.4) is 0 Å². The van der Waals surface area contributed by atoms with E-state index in [1.807, 2.05) is 6.07 Å². The van der Waals surface area contributed by atoms with Crippen LogP contribution in [0.1, 0.15) is 28.8 Å². The Morgan fingerprint density at radius 2 is 2.00 bits per heavy atom. The third-order valence-electron chi connectivity index (χ3n) is 4.19. The predicted molar refractivity (Wildman–Crippen MR) is 90.2 cm³/mol. The number of carbonyl (C=O) groups excluding carboxylic acids is 2. The lowest BCUT2D eigenvalue weighted by Gasteiger charge is -2.20. The van der Waals surface area contributed by atoms with E-state index in [0.717, 1.165) is 12.1 Å². The molecule has 0 bridgehead atoms. The molecule has 3 rings (SSSR count). The van der Waals surface area contributed by atoms with E-state index in [2.05, 4.69) is 0 Å². The minimum atomic E-state index is -0.325. The summed E-state index contributed by atoms with van der Waals surface area (Å²) < 4.78 is 13.7. The Kier molecular flexibility index (Phi) is 4.60. The van der Waals surface area contributed by atoms with Gasteiger partial charge in [-0.25, -0.2) is 4.39 Å². The molecule has 2 aromatic carbocycles. The van der Waals surface area contributed by atoms with Gasteiger partial charge in [-0.15, -0.1) is 0 Å². The Labute approximate surface area is 140 Å². The van der Waals surface area contributed by atoms with Crippen LogP contribution in [0.25, 0.3) is 0 Å². The van der Waals surface area contributed by atoms with E-state index in [1.165, 1.54) is 11.0 Å². The Bertz CT molecular complexity index is 775. The molecular weight excluding hydrogens is 307 g/mol. The van der Waals surface area contributed by atoms with Crippen LogP contribution in [-0.2, 0) is 11.3 Å². The van der Waals surface area contributed by atoms with Gasteiger partial charge >= 0.3 is 0 Å². The normalized spacial score (nSPS) is 14.1. The van der Waals surface area contributed by atoms with Gasteiger partial charge in [0.15, 0.2) is 0 Å². The van der Waals surface area contributed by atoms with Gasteiger partial charge in [-0.2, -0.15) is 0 Å². The Morgan fingerprint density at radius 1 is 1.21 bits per heavy atom. The number of amides is 2. The largest absolute Gasteiger partial charge is 0.337 e. The van der Waals surface area contributed by atoms with E-state index in [0.29, 0.717) is 24.1 Å². The molecule has 0 N–H and O–H groups in total. The van der Waals surface area contributed by atoms with Crippen molar-refractivity contribution in [1.82, 2.24) is 4.90 Å². The topological polar surface area (TPSA) is 40.6 Å². The average Bonchev–Trinajstić information content (AvgIpc) is 3.02. The average molecular weight is 326 g/mol. The molecule has 124 valence electrons. The van der Waals surface area contributed by atoms with Crippen molar-refractivity contribution in [2.45, 2.75) is 19.4 Å². The van der Waals surface area contributed by atoms with Crippen LogP contribution >= 0.6 is 0 Å². The number of rotatable bonds is 4. The summed E-state index contributed by atoms with van der Waals surface area (Å²) in [7, 11) is 1.64. The highest BCUT2D eigenvalue weighted by Gasteiger charge is 2.23. The second-order valence-corrected chi connectivity index (χ2v) is 5.95. The van der Waals surface area contributed by atoms with Gasteiger partial charge in [-0.1, -0.05) is 24.3 Å². The van der Waals surface area contributed by atoms with Crippen LogP contribution in [0.2, 0.25) is 0 Å². The molecule has 0 spiro atoms. The van der Waals surface area contributed by atoms with Gasteiger partial charge in [-0.05, 0) is 30.7 Å². The summed E-state index contributed by atoms with van der Waals surface area (Å²) in [6.45, 7) is 0.875. The quantitative estimate of drug-likeness (QED) is 0.865. The maximum Gasteiger partial charge on any atom is 0.253 e. The summed E-state index contributed by atoms with van der Waals surface area (Å²) in [5.74, 6) is -0.445. The van der Waals surface area contributed by atoms with Crippen LogP contribution in [0.4, 0.5) is 10.1 Å². The molecular formula is C19H19FN2O2. The maximum atomic E-state index is 13.7. The fourth-order valence-electron chi connectivity index (χ4n) is 2.90. The summed E-state index contributed by atoms with van der Waals surface area (Å²) in [4.78, 5) is 27.6. The van der Waals surface area contributed by atoms with Gasteiger partial charge in [-0.3, -0.25) is 9.59 Å². The molecule has 2 aromatic rings. The minimum Gasteiger partial charge on any atom is -0.337 e. The number of anilines is 1. The molecule has 0 aromatic heterocycles. The smallest absolute Gasteiger partial charge is 0.253 e. The standard InChI is InChI=1S/C19H19FN2O2/c1-21(13-15-6-2-3-9-17(15)20)19(24)14-7-4-8-16(12-14)22-11-5-10-18(22)23/h2-4,6-9,12H,5,10-11,13H2,1H3. The highest BCUT2D eigenvalue weighted by atomic mass is 19.1. The van der Waals surface area contributed by atoms with Crippen LogP contribution in [0.15, 0.2) is 48.5 Å². The van der Waals surface area contributed by atoms with E-state index in [-0.39, 0.29) is 24.2 Å². The molecule has 5 heteroatoms. The number of halogens is 1. The lowest BCUT2D eigenvalue weighted by Crippen LogP contribution is -2.27. The highest BCUT2D eigenvalue weighted by Crippen LogP contribution is 2.23. The summed E-state index contributed by atoms with van der Waals surface area (Å²) in [6.07, 6.45) is 1.38. The molecule has 2 amide bonds. The third-order valence-corrected chi connectivity index (χ3v) is 4.19. The van der Waals surface area contributed by atoms with Gasteiger partial charge in [0.1, 0.15) is 5.82 Å². The lowest BCUT2D eigenvalue weighted by atomic mass is 10.1. The van der Waals surface area contributed by atoms with Crippen LogP contribution in [-0.4, -0.2) is 30.3 Å². The van der Waals surface area contributed by atoms with Crippen LogP contribution < -0.4 is 4.90 Å². The van der Waals surface area contributed by atoms with Crippen molar-refractivity contribution in [3.8, 4) is 0 Å². The molecule has 0 saturated carbocycles. The first-order chi connectivity index (χ1) is 11.6. The summed E-state index contributed by atoms with van der Waals surface area (Å²) in [5, 5.41) is 0. The first kappa shape index (κ1) is 16.2. The lowest BCUT2D eigenvalue weighted by molar-refractivity contribution is -0.117. The number of carbonyl (C=O) groups is 2. The van der Waals surface area contributed by atoms with Gasteiger partial charge in [0.05, 0.1) is 0 Å². The third kappa shape index (κ3) is 3.30. The fourth-order valence-corrected chi connectivity index (χ4v) is 2.90. The maximum absolute atomic E-state index is 13.7. The van der Waals surface area contributed by atoms with E-state index in [4.69, 9.17) is 0 Å². The molecule has 1 aliphatic heterocycles. The second kappa shape index (κ2) is 6.83. The van der Waals surface area contributed by atoms with Crippen molar-refractivity contribution < 1.29 is 14.0 Å². The first-order valence-electron chi connectivity index (χ1n) is 7.95. The van der Waals surface area contributed by atoms with E-state index in [1.54, 1.807) is 48.3 Å². The molecule has 1 heterocycles. The van der Waals surface area contributed by atoms with E-state index < -0.39 is 0 Å². The van der Waals surface area contributed by atoms with Gasteiger partial charge in [0, 0.05) is 43.4 Å².